The van der Waals surface area contributed by atoms with Gasteiger partial charge in [-0.25, -0.2) is 4.79 Å². The molecule has 5 nitrogen and oxygen atoms in total. The van der Waals surface area contributed by atoms with E-state index in [4.69, 9.17) is 5.73 Å². The van der Waals surface area contributed by atoms with E-state index < -0.39 is 6.03 Å². The van der Waals surface area contributed by atoms with Crippen molar-refractivity contribution in [1.29, 1.82) is 0 Å². The molecule has 0 atom stereocenters. The zero-order valence-corrected chi connectivity index (χ0v) is 12.9. The van der Waals surface area contributed by atoms with Crippen LogP contribution < -0.4 is 11.1 Å². The summed E-state index contributed by atoms with van der Waals surface area (Å²) in [5.41, 5.74) is 6.05. The van der Waals surface area contributed by atoms with Crippen LogP contribution in [0.25, 0.3) is 0 Å². The standard InChI is InChI=1S/C14H21N3O2S/c1-10(2)17(13(18)8-16-14(15)19)9-11-5-4-6-12(7-11)20-3/h4-7,10H,8-9H2,1-3H3,(H3,15,16,19). The van der Waals surface area contributed by atoms with Crippen LogP contribution >= 0.6 is 11.8 Å². The van der Waals surface area contributed by atoms with Gasteiger partial charge in [-0.3, -0.25) is 4.79 Å². The van der Waals surface area contributed by atoms with Gasteiger partial charge < -0.3 is 16.0 Å². The van der Waals surface area contributed by atoms with Crippen molar-refractivity contribution in [3.63, 3.8) is 0 Å². The highest BCUT2D eigenvalue weighted by atomic mass is 32.2. The van der Waals surface area contributed by atoms with Crippen molar-refractivity contribution < 1.29 is 9.59 Å². The minimum Gasteiger partial charge on any atom is -0.352 e. The quantitative estimate of drug-likeness (QED) is 0.786. The molecule has 0 spiro atoms. The SMILES string of the molecule is CSc1cccc(CN(C(=O)CNC(N)=O)C(C)C)c1. The number of urea groups is 1. The summed E-state index contributed by atoms with van der Waals surface area (Å²) in [5.74, 6) is -0.145. The molecule has 0 radical (unpaired) electrons. The van der Waals surface area contributed by atoms with Crippen LogP contribution in [0.4, 0.5) is 4.79 Å². The van der Waals surface area contributed by atoms with Crippen LogP contribution in [0.15, 0.2) is 29.2 Å². The lowest BCUT2D eigenvalue weighted by atomic mass is 10.2. The number of nitrogens with two attached hydrogens (primary N) is 1. The number of rotatable bonds is 6. The van der Waals surface area contributed by atoms with Crippen LogP contribution in [0.5, 0.6) is 0 Å². The molecule has 20 heavy (non-hydrogen) atoms. The number of hydrogen-bond donors (Lipinski definition) is 2. The van der Waals surface area contributed by atoms with E-state index in [1.165, 1.54) is 0 Å². The van der Waals surface area contributed by atoms with Gasteiger partial charge in [0.25, 0.3) is 0 Å². The highest BCUT2D eigenvalue weighted by Gasteiger charge is 2.17. The van der Waals surface area contributed by atoms with Gasteiger partial charge in [0.15, 0.2) is 0 Å². The molecular weight excluding hydrogens is 274 g/mol. The number of primary amides is 1. The Morgan fingerprint density at radius 3 is 2.65 bits per heavy atom. The van der Waals surface area contributed by atoms with Crippen molar-refractivity contribution in [3.05, 3.63) is 29.8 Å². The number of thioether (sulfide) groups is 1. The molecule has 0 saturated carbocycles. The molecule has 0 aromatic heterocycles. The average Bonchev–Trinajstić information content (AvgIpc) is 2.42. The third-order valence-corrected chi connectivity index (χ3v) is 3.57. The van der Waals surface area contributed by atoms with Crippen molar-refractivity contribution in [1.82, 2.24) is 10.2 Å². The van der Waals surface area contributed by atoms with Gasteiger partial charge in [0.05, 0.1) is 6.54 Å². The summed E-state index contributed by atoms with van der Waals surface area (Å²) in [4.78, 5) is 25.7. The topological polar surface area (TPSA) is 75.4 Å². The first-order valence-corrected chi connectivity index (χ1v) is 7.62. The second kappa shape index (κ2) is 7.79. The van der Waals surface area contributed by atoms with E-state index in [-0.39, 0.29) is 18.5 Å². The first-order valence-electron chi connectivity index (χ1n) is 6.39. The zero-order chi connectivity index (χ0) is 15.1. The first-order chi connectivity index (χ1) is 9.43. The van der Waals surface area contributed by atoms with Crippen molar-refractivity contribution in [3.8, 4) is 0 Å². The van der Waals surface area contributed by atoms with Gasteiger partial charge >= 0.3 is 6.03 Å². The predicted molar refractivity (Wildman–Crippen MR) is 81.5 cm³/mol. The van der Waals surface area contributed by atoms with E-state index in [2.05, 4.69) is 11.4 Å². The van der Waals surface area contributed by atoms with Gasteiger partial charge in [0.2, 0.25) is 5.91 Å². The Kier molecular flexibility index (Phi) is 6.38. The second-order valence-electron chi connectivity index (χ2n) is 4.68. The number of carbonyl (C=O) groups excluding carboxylic acids is 2. The van der Waals surface area contributed by atoms with Gasteiger partial charge in [-0.05, 0) is 37.8 Å². The Morgan fingerprint density at radius 2 is 2.10 bits per heavy atom. The van der Waals surface area contributed by atoms with E-state index in [9.17, 15) is 9.59 Å². The molecule has 110 valence electrons. The summed E-state index contributed by atoms with van der Waals surface area (Å²) in [5, 5.41) is 2.33. The molecule has 6 heteroatoms. The molecule has 0 aliphatic rings. The highest BCUT2D eigenvalue weighted by molar-refractivity contribution is 7.98. The Morgan fingerprint density at radius 1 is 1.40 bits per heavy atom. The molecule has 0 aliphatic carbocycles. The normalized spacial score (nSPS) is 10.4. The molecule has 1 rings (SSSR count). The molecule has 3 N–H and O–H groups in total. The number of hydrogen-bond acceptors (Lipinski definition) is 3. The van der Waals surface area contributed by atoms with Gasteiger partial charge in [0.1, 0.15) is 0 Å². The molecule has 3 amide bonds. The summed E-state index contributed by atoms with van der Waals surface area (Å²) in [6, 6.07) is 7.43. The summed E-state index contributed by atoms with van der Waals surface area (Å²) >= 11 is 1.66. The lowest BCUT2D eigenvalue weighted by Gasteiger charge is -2.27. The number of carbonyl (C=O) groups is 2. The fraction of sp³-hybridized carbons (Fsp3) is 0.429. The number of amides is 3. The summed E-state index contributed by atoms with van der Waals surface area (Å²) in [7, 11) is 0. The van der Waals surface area contributed by atoms with E-state index in [0.717, 1.165) is 10.5 Å². The Hall–Kier alpha value is -1.69. The molecule has 0 bridgehead atoms. The zero-order valence-electron chi connectivity index (χ0n) is 12.1. The number of nitrogens with one attached hydrogen (secondary N) is 1. The second-order valence-corrected chi connectivity index (χ2v) is 5.56. The Balaban J connectivity index is 2.75. The molecule has 1 aromatic rings. The van der Waals surface area contributed by atoms with Crippen molar-refractivity contribution in [2.75, 3.05) is 12.8 Å². The van der Waals surface area contributed by atoms with Crippen LogP contribution in [-0.4, -0.2) is 35.7 Å². The third kappa shape index (κ3) is 5.13. The predicted octanol–water partition coefficient (Wildman–Crippen LogP) is 1.81. The van der Waals surface area contributed by atoms with Crippen molar-refractivity contribution in [2.24, 2.45) is 5.73 Å². The van der Waals surface area contributed by atoms with Gasteiger partial charge in [-0.2, -0.15) is 0 Å². The van der Waals surface area contributed by atoms with E-state index in [1.54, 1.807) is 16.7 Å². The Labute approximate surface area is 123 Å². The van der Waals surface area contributed by atoms with Gasteiger partial charge in [-0.15, -0.1) is 11.8 Å². The fourth-order valence-electron chi connectivity index (χ4n) is 1.79. The molecule has 0 saturated heterocycles. The third-order valence-electron chi connectivity index (χ3n) is 2.84. The average molecular weight is 295 g/mol. The minimum atomic E-state index is -0.688. The molecule has 0 unspecified atom stereocenters. The largest absolute Gasteiger partial charge is 0.352 e. The van der Waals surface area contributed by atoms with E-state index in [0.29, 0.717) is 6.54 Å². The summed E-state index contributed by atoms with van der Waals surface area (Å²) in [6.45, 7) is 4.34. The number of benzene rings is 1. The lowest BCUT2D eigenvalue weighted by molar-refractivity contribution is -0.132. The van der Waals surface area contributed by atoms with Gasteiger partial charge in [-0.1, -0.05) is 12.1 Å². The van der Waals surface area contributed by atoms with Crippen LogP contribution in [0, 0.1) is 0 Å². The number of nitrogens with zero attached hydrogens (tertiary/aromatic N) is 1. The summed E-state index contributed by atoms with van der Waals surface area (Å²) in [6.07, 6.45) is 2.02. The maximum Gasteiger partial charge on any atom is 0.312 e. The van der Waals surface area contributed by atoms with Crippen LogP contribution in [-0.2, 0) is 11.3 Å². The Bertz CT molecular complexity index is 477. The summed E-state index contributed by atoms with van der Waals surface area (Å²) < 4.78 is 0. The van der Waals surface area contributed by atoms with Crippen molar-refractivity contribution >= 4 is 23.7 Å². The van der Waals surface area contributed by atoms with Crippen molar-refractivity contribution in [2.45, 2.75) is 31.3 Å². The molecular formula is C14H21N3O2S. The van der Waals surface area contributed by atoms with Crippen LogP contribution in [0.2, 0.25) is 0 Å². The fourth-order valence-corrected chi connectivity index (χ4v) is 2.27. The maximum absolute atomic E-state index is 12.1. The smallest absolute Gasteiger partial charge is 0.312 e. The minimum absolute atomic E-state index is 0.0510. The van der Waals surface area contributed by atoms with Gasteiger partial charge in [0, 0.05) is 17.5 Å². The van der Waals surface area contributed by atoms with E-state index >= 15 is 0 Å². The molecule has 0 fully saturated rings. The van der Waals surface area contributed by atoms with Crippen LogP contribution in [0.3, 0.4) is 0 Å². The maximum atomic E-state index is 12.1. The van der Waals surface area contributed by atoms with E-state index in [1.807, 2.05) is 38.3 Å². The molecule has 1 aromatic carbocycles. The van der Waals surface area contributed by atoms with Crippen LogP contribution in [0.1, 0.15) is 19.4 Å². The molecule has 0 heterocycles. The lowest BCUT2D eigenvalue weighted by Crippen LogP contribution is -2.44. The monoisotopic (exact) mass is 295 g/mol. The molecule has 0 aliphatic heterocycles. The highest BCUT2D eigenvalue weighted by Crippen LogP contribution is 2.17. The first kappa shape index (κ1) is 16.4.